The van der Waals surface area contributed by atoms with Crippen molar-refractivity contribution >= 4 is 40.5 Å². The second-order valence-electron chi connectivity index (χ2n) is 8.61. The third kappa shape index (κ3) is 5.13. The van der Waals surface area contributed by atoms with Crippen LogP contribution in [0.4, 0.5) is 11.4 Å². The van der Waals surface area contributed by atoms with Crippen molar-refractivity contribution in [2.24, 2.45) is 0 Å². The molecule has 1 aromatic heterocycles. The lowest BCUT2D eigenvalue weighted by Gasteiger charge is -2.38. The van der Waals surface area contributed by atoms with E-state index >= 15 is 0 Å². The molecule has 1 aliphatic heterocycles. The van der Waals surface area contributed by atoms with Gasteiger partial charge >= 0.3 is 0 Å². The van der Waals surface area contributed by atoms with Gasteiger partial charge in [0.15, 0.2) is 17.3 Å². The molecule has 0 saturated carbocycles. The van der Waals surface area contributed by atoms with Crippen LogP contribution < -0.4 is 24.0 Å². The first-order chi connectivity index (χ1) is 17.6. The Balaban J connectivity index is 0.00000320. The van der Waals surface area contributed by atoms with E-state index in [2.05, 4.69) is 26.9 Å². The molecule has 2 heterocycles. The van der Waals surface area contributed by atoms with Gasteiger partial charge in [-0.3, -0.25) is 9.78 Å². The molecule has 1 aliphatic rings. The van der Waals surface area contributed by atoms with Crippen molar-refractivity contribution in [2.45, 2.75) is 0 Å². The predicted octanol–water partition coefficient (Wildman–Crippen LogP) is 5.24. The number of fused-ring (bicyclic) bond motifs is 1. The first kappa shape index (κ1) is 26.1. The van der Waals surface area contributed by atoms with E-state index in [-0.39, 0.29) is 18.2 Å². The van der Waals surface area contributed by atoms with Crippen LogP contribution in [0.15, 0.2) is 72.9 Å². The Kier molecular flexibility index (Phi) is 8.04. The summed E-state index contributed by atoms with van der Waals surface area (Å²) in [4.78, 5) is 22.9. The normalized spacial score (nSPS) is 13.2. The fourth-order valence-corrected chi connectivity index (χ4v) is 4.74. The number of benzene rings is 3. The summed E-state index contributed by atoms with van der Waals surface area (Å²) >= 11 is 0. The second-order valence-corrected chi connectivity index (χ2v) is 8.61. The molecular weight excluding hydrogens is 490 g/mol. The zero-order valence-corrected chi connectivity index (χ0v) is 22.0. The Hall–Kier alpha value is -3.97. The Morgan fingerprint density at radius 2 is 1.41 bits per heavy atom. The third-order valence-corrected chi connectivity index (χ3v) is 6.66. The van der Waals surface area contributed by atoms with Gasteiger partial charge in [-0.2, -0.15) is 0 Å². The topological polar surface area (TPSA) is 64.1 Å². The summed E-state index contributed by atoms with van der Waals surface area (Å²) in [6.07, 6.45) is 1.69. The van der Waals surface area contributed by atoms with Crippen LogP contribution in [0.3, 0.4) is 0 Å². The first-order valence-electron chi connectivity index (χ1n) is 11.9. The summed E-state index contributed by atoms with van der Waals surface area (Å²) in [5.74, 6) is 2.01. The lowest BCUT2D eigenvalue weighted by atomic mass is 9.99. The van der Waals surface area contributed by atoms with Gasteiger partial charge in [0, 0.05) is 55.1 Å². The maximum absolute atomic E-state index is 13.6. The minimum Gasteiger partial charge on any atom is -0.497 e. The van der Waals surface area contributed by atoms with Gasteiger partial charge in [-0.25, -0.2) is 0 Å². The molecule has 1 fully saturated rings. The summed E-state index contributed by atoms with van der Waals surface area (Å²) < 4.78 is 16.4. The van der Waals surface area contributed by atoms with E-state index in [0.717, 1.165) is 54.2 Å². The number of piperazine rings is 1. The summed E-state index contributed by atoms with van der Waals surface area (Å²) in [7, 11) is 4.89. The fourth-order valence-electron chi connectivity index (χ4n) is 4.74. The zero-order valence-electron chi connectivity index (χ0n) is 21.1. The molecule has 7 nitrogen and oxygen atoms in total. The minimum atomic E-state index is -0.0487. The van der Waals surface area contributed by atoms with Crippen LogP contribution >= 0.6 is 12.4 Å². The summed E-state index contributed by atoms with van der Waals surface area (Å²) in [5, 5.41) is 0.868. The number of ether oxygens (including phenoxy) is 3. The van der Waals surface area contributed by atoms with Crippen LogP contribution in [0.1, 0.15) is 15.9 Å². The fraction of sp³-hybridized carbons (Fsp3) is 0.241. The Labute approximate surface area is 223 Å². The van der Waals surface area contributed by atoms with E-state index in [4.69, 9.17) is 14.2 Å². The number of pyridine rings is 1. The van der Waals surface area contributed by atoms with Crippen molar-refractivity contribution < 1.29 is 19.0 Å². The van der Waals surface area contributed by atoms with Gasteiger partial charge in [-0.05, 0) is 30.3 Å². The number of hydrogen-bond donors (Lipinski definition) is 0. The lowest BCUT2D eigenvalue weighted by Crippen LogP contribution is -2.47. The standard InChI is InChI=1S/C29H29N3O4.ClH/c1-34-22-11-9-21(10-12-22)31-13-15-32(16-14-31)28-23-17-26(35-2)27(36-3)18-25(23)30-19-24(28)29(33)20-7-5-4-6-8-20;/h4-12,17-19H,13-16H2,1-3H3;1H. The molecule has 0 bridgehead atoms. The quantitative estimate of drug-likeness (QED) is 0.309. The highest BCUT2D eigenvalue weighted by Gasteiger charge is 2.26. The zero-order chi connectivity index (χ0) is 25.1. The molecule has 0 N–H and O–H groups in total. The van der Waals surface area contributed by atoms with Crippen molar-refractivity contribution in [1.29, 1.82) is 0 Å². The number of nitrogens with zero attached hydrogens (tertiary/aromatic N) is 3. The number of anilines is 2. The van der Waals surface area contributed by atoms with Gasteiger partial charge in [0.25, 0.3) is 0 Å². The van der Waals surface area contributed by atoms with Gasteiger partial charge in [0.2, 0.25) is 0 Å². The van der Waals surface area contributed by atoms with Crippen LogP contribution in [-0.2, 0) is 0 Å². The number of hydrogen-bond acceptors (Lipinski definition) is 7. The van der Waals surface area contributed by atoms with E-state index < -0.39 is 0 Å². The van der Waals surface area contributed by atoms with Crippen molar-refractivity contribution in [3.05, 3.63) is 84.1 Å². The van der Waals surface area contributed by atoms with E-state index in [1.807, 2.05) is 54.6 Å². The van der Waals surface area contributed by atoms with Crippen LogP contribution in [-0.4, -0.2) is 58.3 Å². The molecule has 0 aliphatic carbocycles. The Bertz CT molecular complexity index is 1370. The van der Waals surface area contributed by atoms with Crippen molar-refractivity contribution in [3.63, 3.8) is 0 Å². The average Bonchev–Trinajstić information content (AvgIpc) is 2.96. The number of rotatable bonds is 7. The van der Waals surface area contributed by atoms with E-state index in [0.29, 0.717) is 22.6 Å². The Morgan fingerprint density at radius 3 is 2.03 bits per heavy atom. The Morgan fingerprint density at radius 1 is 0.784 bits per heavy atom. The molecule has 3 aromatic carbocycles. The van der Waals surface area contributed by atoms with E-state index in [1.54, 1.807) is 27.5 Å². The average molecular weight is 520 g/mol. The molecule has 1 saturated heterocycles. The maximum Gasteiger partial charge on any atom is 0.196 e. The number of carbonyl (C=O) groups excluding carboxylic acids is 1. The molecule has 5 rings (SSSR count). The molecule has 4 aromatic rings. The smallest absolute Gasteiger partial charge is 0.196 e. The minimum absolute atomic E-state index is 0. The lowest BCUT2D eigenvalue weighted by molar-refractivity contribution is 0.103. The highest BCUT2D eigenvalue weighted by molar-refractivity contribution is 6.16. The molecule has 0 unspecified atom stereocenters. The van der Waals surface area contributed by atoms with Crippen LogP contribution in [0.5, 0.6) is 17.2 Å². The molecular formula is C29H30ClN3O4. The molecule has 0 spiro atoms. The number of carbonyl (C=O) groups is 1. The number of methoxy groups -OCH3 is 3. The van der Waals surface area contributed by atoms with E-state index in [1.165, 1.54) is 0 Å². The first-order valence-corrected chi connectivity index (χ1v) is 11.9. The van der Waals surface area contributed by atoms with Gasteiger partial charge in [-0.15, -0.1) is 12.4 Å². The number of ketones is 1. The molecule has 37 heavy (non-hydrogen) atoms. The number of halogens is 1. The summed E-state index contributed by atoms with van der Waals surface area (Å²) in [5.41, 5.74) is 4.01. The highest BCUT2D eigenvalue weighted by Crippen LogP contribution is 2.38. The van der Waals surface area contributed by atoms with Crippen LogP contribution in [0.25, 0.3) is 10.9 Å². The molecule has 192 valence electrons. The summed E-state index contributed by atoms with van der Waals surface area (Å²) in [6, 6.07) is 21.3. The van der Waals surface area contributed by atoms with Crippen LogP contribution in [0.2, 0.25) is 0 Å². The maximum atomic E-state index is 13.6. The molecule has 0 radical (unpaired) electrons. The SMILES string of the molecule is COc1ccc(N2CCN(c3c(C(=O)c4ccccc4)cnc4cc(OC)c(OC)cc34)CC2)cc1.Cl. The van der Waals surface area contributed by atoms with Crippen molar-refractivity contribution in [1.82, 2.24) is 4.98 Å². The number of aromatic nitrogens is 1. The van der Waals surface area contributed by atoms with Gasteiger partial charge in [0.1, 0.15) is 5.75 Å². The highest BCUT2D eigenvalue weighted by atomic mass is 35.5. The van der Waals surface area contributed by atoms with E-state index in [9.17, 15) is 4.79 Å². The molecule has 8 heteroatoms. The predicted molar refractivity (Wildman–Crippen MR) is 149 cm³/mol. The largest absolute Gasteiger partial charge is 0.497 e. The van der Waals surface area contributed by atoms with Crippen molar-refractivity contribution in [2.75, 3.05) is 57.3 Å². The van der Waals surface area contributed by atoms with Gasteiger partial charge < -0.3 is 24.0 Å². The van der Waals surface area contributed by atoms with Crippen LogP contribution in [0, 0.1) is 0 Å². The van der Waals surface area contributed by atoms with Gasteiger partial charge in [0.05, 0.1) is 38.1 Å². The molecule has 0 atom stereocenters. The molecule has 0 amide bonds. The third-order valence-electron chi connectivity index (χ3n) is 6.66. The second kappa shape index (κ2) is 11.4. The summed E-state index contributed by atoms with van der Waals surface area (Å²) in [6.45, 7) is 3.16. The monoisotopic (exact) mass is 519 g/mol. The van der Waals surface area contributed by atoms with Gasteiger partial charge in [-0.1, -0.05) is 30.3 Å². The van der Waals surface area contributed by atoms with Crippen molar-refractivity contribution in [3.8, 4) is 17.2 Å².